The Bertz CT molecular complexity index is 897. The molecule has 2 heterocycles. The highest BCUT2D eigenvalue weighted by molar-refractivity contribution is 5.64. The van der Waals surface area contributed by atoms with Gasteiger partial charge in [0.1, 0.15) is 17.2 Å². The van der Waals surface area contributed by atoms with E-state index >= 15 is 0 Å². The highest BCUT2D eigenvalue weighted by Crippen LogP contribution is 2.31. The van der Waals surface area contributed by atoms with E-state index in [4.69, 9.17) is 9.47 Å². The van der Waals surface area contributed by atoms with Crippen LogP contribution in [0.25, 0.3) is 11.3 Å². The lowest BCUT2D eigenvalue weighted by molar-refractivity contribution is -0.274. The van der Waals surface area contributed by atoms with Crippen molar-refractivity contribution in [3.8, 4) is 17.4 Å². The molecule has 0 fully saturated rings. The molecule has 2 aromatic heterocycles. The van der Waals surface area contributed by atoms with Gasteiger partial charge in [0, 0.05) is 18.1 Å². The molecule has 0 amide bonds. The largest absolute Gasteiger partial charge is 0.573 e. The summed E-state index contributed by atoms with van der Waals surface area (Å²) in [7, 11) is 2.74. The molecule has 11 heteroatoms. The molecule has 0 saturated heterocycles. The molecule has 0 bridgehead atoms. The van der Waals surface area contributed by atoms with Gasteiger partial charge in [-0.15, -0.1) is 13.2 Å². The van der Waals surface area contributed by atoms with Crippen LogP contribution in [0.3, 0.4) is 0 Å². The van der Waals surface area contributed by atoms with Crippen molar-refractivity contribution in [2.45, 2.75) is 12.8 Å². The van der Waals surface area contributed by atoms with Crippen molar-refractivity contribution in [1.82, 2.24) is 20.3 Å². The van der Waals surface area contributed by atoms with Gasteiger partial charge < -0.3 is 14.2 Å². The molecule has 0 saturated carbocycles. The third-order valence-corrected chi connectivity index (χ3v) is 3.19. The van der Waals surface area contributed by atoms with Crippen LogP contribution in [0.5, 0.6) is 17.4 Å². The van der Waals surface area contributed by atoms with Crippen LogP contribution >= 0.6 is 0 Å². The van der Waals surface area contributed by atoms with Crippen LogP contribution in [0, 0.1) is 0 Å². The fourth-order valence-corrected chi connectivity index (χ4v) is 2.18. The minimum atomic E-state index is -4.79. The Labute approximate surface area is 138 Å². The summed E-state index contributed by atoms with van der Waals surface area (Å²) in [6.45, 7) is 0. The molecule has 0 N–H and O–H groups in total. The Morgan fingerprint density at radius 2 is 1.76 bits per heavy atom. The highest BCUT2D eigenvalue weighted by Gasteiger charge is 2.31. The summed E-state index contributed by atoms with van der Waals surface area (Å²) in [6, 6.07) is 3.76. The quantitative estimate of drug-likeness (QED) is 0.689. The molecule has 3 rings (SSSR count). The first-order chi connectivity index (χ1) is 11.9. The number of halogens is 3. The van der Waals surface area contributed by atoms with Gasteiger partial charge in [0.2, 0.25) is 17.2 Å². The van der Waals surface area contributed by atoms with Gasteiger partial charge in [-0.1, -0.05) is 6.07 Å². The standard InChI is InChI=1S/C14H11F3N4O4/c1-22-10-6-8(24-14(15,16)17)4-3-7(10)5-9-13(23-2)19-12-11(18-9)20-25-21-12/h3-4,6H,5H2,1-2H3. The number of alkyl halides is 3. The molecular weight excluding hydrogens is 345 g/mol. The minimum absolute atomic E-state index is 0.175. The highest BCUT2D eigenvalue weighted by atomic mass is 19.4. The Balaban J connectivity index is 1.94. The predicted molar refractivity (Wildman–Crippen MR) is 76.4 cm³/mol. The maximum absolute atomic E-state index is 12.3. The summed E-state index contributed by atoms with van der Waals surface area (Å²) < 4.78 is 55.7. The molecule has 0 aliphatic rings. The van der Waals surface area contributed by atoms with Crippen LogP contribution in [0.1, 0.15) is 11.3 Å². The first-order valence-electron chi connectivity index (χ1n) is 6.85. The molecule has 0 aliphatic heterocycles. The Hall–Kier alpha value is -3.11. The van der Waals surface area contributed by atoms with Crippen molar-refractivity contribution in [3.05, 3.63) is 29.5 Å². The number of aromatic nitrogens is 4. The van der Waals surface area contributed by atoms with Crippen molar-refractivity contribution in [3.63, 3.8) is 0 Å². The minimum Gasteiger partial charge on any atom is -0.496 e. The van der Waals surface area contributed by atoms with Gasteiger partial charge in [-0.3, -0.25) is 0 Å². The zero-order valence-corrected chi connectivity index (χ0v) is 13.0. The van der Waals surface area contributed by atoms with E-state index in [9.17, 15) is 13.2 Å². The van der Waals surface area contributed by atoms with E-state index in [0.29, 0.717) is 11.3 Å². The lowest BCUT2D eigenvalue weighted by Crippen LogP contribution is -2.17. The fraction of sp³-hybridized carbons (Fsp3) is 0.286. The smallest absolute Gasteiger partial charge is 0.496 e. The van der Waals surface area contributed by atoms with Gasteiger partial charge in [-0.2, -0.15) is 4.98 Å². The van der Waals surface area contributed by atoms with Gasteiger partial charge >= 0.3 is 6.36 Å². The molecule has 3 aromatic rings. The normalized spacial score (nSPS) is 11.6. The molecule has 0 unspecified atom stereocenters. The summed E-state index contributed by atoms with van der Waals surface area (Å²) in [5, 5.41) is 7.17. The third-order valence-electron chi connectivity index (χ3n) is 3.19. The summed E-state index contributed by atoms with van der Waals surface area (Å²) >= 11 is 0. The van der Waals surface area contributed by atoms with Crippen molar-refractivity contribution in [1.29, 1.82) is 0 Å². The Kier molecular flexibility index (Phi) is 4.30. The number of hydrogen-bond donors (Lipinski definition) is 0. The summed E-state index contributed by atoms with van der Waals surface area (Å²) in [5.41, 5.74) is 1.32. The molecule has 1 aromatic carbocycles. The van der Waals surface area contributed by atoms with Gasteiger partial charge in [0.05, 0.1) is 14.2 Å². The molecule has 25 heavy (non-hydrogen) atoms. The van der Waals surface area contributed by atoms with Gasteiger partial charge in [-0.05, 0) is 16.4 Å². The lowest BCUT2D eigenvalue weighted by Gasteiger charge is -2.13. The number of fused-ring (bicyclic) bond motifs is 1. The van der Waals surface area contributed by atoms with Crippen LogP contribution in [0.4, 0.5) is 13.2 Å². The number of nitrogens with zero attached hydrogens (tertiary/aromatic N) is 4. The maximum Gasteiger partial charge on any atom is 0.573 e. The van der Waals surface area contributed by atoms with E-state index < -0.39 is 6.36 Å². The number of methoxy groups -OCH3 is 2. The summed E-state index contributed by atoms with van der Waals surface area (Å²) in [5.74, 6) is 0.00662. The second-order valence-electron chi connectivity index (χ2n) is 4.79. The third kappa shape index (κ3) is 3.70. The average Bonchev–Trinajstić information content (AvgIpc) is 3.01. The monoisotopic (exact) mass is 356 g/mol. The first-order valence-corrected chi connectivity index (χ1v) is 6.85. The number of ether oxygens (including phenoxy) is 3. The van der Waals surface area contributed by atoms with Gasteiger partial charge in [-0.25, -0.2) is 9.61 Å². The zero-order chi connectivity index (χ0) is 18.0. The molecule has 0 aliphatic carbocycles. The van der Waals surface area contributed by atoms with Crippen LogP contribution in [0.2, 0.25) is 0 Å². The van der Waals surface area contributed by atoms with E-state index in [1.165, 1.54) is 26.4 Å². The zero-order valence-electron chi connectivity index (χ0n) is 13.0. The topological polar surface area (TPSA) is 92.4 Å². The average molecular weight is 356 g/mol. The van der Waals surface area contributed by atoms with E-state index in [0.717, 1.165) is 6.07 Å². The SMILES string of the molecule is COc1cc(OC(F)(F)F)ccc1Cc1nc2nonc2nc1OC. The predicted octanol–water partition coefficient (Wildman–Crippen LogP) is 2.52. The van der Waals surface area contributed by atoms with Crippen molar-refractivity contribution >= 4 is 11.3 Å². The molecule has 8 nitrogen and oxygen atoms in total. The summed E-state index contributed by atoms with van der Waals surface area (Å²) in [4.78, 5) is 8.34. The van der Waals surface area contributed by atoms with Gasteiger partial charge in [0.25, 0.3) is 0 Å². The second-order valence-corrected chi connectivity index (χ2v) is 4.79. The number of hydrogen-bond acceptors (Lipinski definition) is 8. The van der Waals surface area contributed by atoms with Crippen molar-refractivity contribution in [2.24, 2.45) is 0 Å². The molecular formula is C14H11F3N4O4. The van der Waals surface area contributed by atoms with E-state index in [2.05, 4.69) is 29.6 Å². The maximum atomic E-state index is 12.3. The van der Waals surface area contributed by atoms with Crippen LogP contribution in [-0.2, 0) is 6.42 Å². The number of benzene rings is 1. The Morgan fingerprint density at radius 1 is 1.04 bits per heavy atom. The summed E-state index contributed by atoms with van der Waals surface area (Å²) in [6.07, 6.45) is -4.61. The van der Waals surface area contributed by atoms with Gasteiger partial charge in [0.15, 0.2) is 0 Å². The first kappa shape index (κ1) is 16.7. The van der Waals surface area contributed by atoms with E-state index in [-0.39, 0.29) is 35.1 Å². The van der Waals surface area contributed by atoms with Crippen LogP contribution < -0.4 is 14.2 Å². The molecule has 0 radical (unpaired) electrons. The van der Waals surface area contributed by atoms with E-state index in [1.54, 1.807) is 0 Å². The van der Waals surface area contributed by atoms with E-state index in [1.807, 2.05) is 0 Å². The van der Waals surface area contributed by atoms with Crippen molar-refractivity contribution in [2.75, 3.05) is 14.2 Å². The Morgan fingerprint density at radius 3 is 2.40 bits per heavy atom. The van der Waals surface area contributed by atoms with Crippen LogP contribution in [0.15, 0.2) is 22.8 Å². The molecule has 0 atom stereocenters. The fourth-order valence-electron chi connectivity index (χ4n) is 2.18. The van der Waals surface area contributed by atoms with Crippen molar-refractivity contribution < 1.29 is 32.0 Å². The molecule has 0 spiro atoms. The second kappa shape index (κ2) is 6.42. The lowest BCUT2D eigenvalue weighted by atomic mass is 10.1. The number of rotatable bonds is 5. The van der Waals surface area contributed by atoms with Crippen LogP contribution in [-0.4, -0.2) is 40.9 Å². The molecule has 132 valence electrons.